The molecule has 1 atom stereocenters. The van der Waals surface area contributed by atoms with Gasteiger partial charge in [-0.25, -0.2) is 4.79 Å². The van der Waals surface area contributed by atoms with Crippen molar-refractivity contribution >= 4 is 29.4 Å². The van der Waals surface area contributed by atoms with E-state index in [-0.39, 0.29) is 11.8 Å². The Morgan fingerprint density at radius 3 is 2.11 bits per heavy atom. The Morgan fingerprint density at radius 1 is 1.04 bits per heavy atom. The number of amides is 4. The van der Waals surface area contributed by atoms with Gasteiger partial charge in [-0.3, -0.25) is 19.8 Å². The molecule has 27 heavy (non-hydrogen) atoms. The SMILES string of the molecule is CC(C(=O)NC(=O)NC(C)(C)C)N1CCN(C(=O)c2ccc(Cl)cc2)CC1. The third kappa shape index (κ3) is 6.22. The number of nitrogens with one attached hydrogen (secondary N) is 2. The second-order valence-electron chi connectivity index (χ2n) is 7.70. The first-order valence-electron chi connectivity index (χ1n) is 8.99. The minimum Gasteiger partial charge on any atom is -0.336 e. The first-order valence-corrected chi connectivity index (χ1v) is 9.36. The Balaban J connectivity index is 1.85. The zero-order valence-corrected chi connectivity index (χ0v) is 17.0. The standard InChI is InChI=1S/C19H27ClN4O3/c1-13(16(25)21-18(27)22-19(2,3)4)23-9-11-24(12-10-23)17(26)14-5-7-15(20)8-6-14/h5-8,13H,9-12H2,1-4H3,(H2,21,22,25,27). The Bertz CT molecular complexity index is 692. The molecule has 1 unspecified atom stereocenters. The van der Waals surface area contributed by atoms with Crippen LogP contribution >= 0.6 is 11.6 Å². The molecule has 0 aromatic heterocycles. The molecule has 1 heterocycles. The Labute approximate surface area is 165 Å². The molecule has 1 fully saturated rings. The molecule has 0 spiro atoms. The monoisotopic (exact) mass is 394 g/mol. The number of nitrogens with zero attached hydrogens (tertiary/aromatic N) is 2. The van der Waals surface area contributed by atoms with Crippen LogP contribution in [0.15, 0.2) is 24.3 Å². The molecule has 7 nitrogen and oxygen atoms in total. The summed E-state index contributed by atoms with van der Waals surface area (Å²) in [5.74, 6) is -0.401. The van der Waals surface area contributed by atoms with Gasteiger partial charge in [-0.2, -0.15) is 0 Å². The molecule has 1 aromatic carbocycles. The number of benzene rings is 1. The van der Waals surface area contributed by atoms with E-state index < -0.39 is 17.6 Å². The number of imide groups is 1. The van der Waals surface area contributed by atoms with Gasteiger partial charge in [-0.15, -0.1) is 0 Å². The number of piperazine rings is 1. The number of hydrogen-bond acceptors (Lipinski definition) is 4. The summed E-state index contributed by atoms with van der Waals surface area (Å²) in [4.78, 5) is 40.4. The Kier molecular flexibility index (Phi) is 6.84. The molecular formula is C19H27ClN4O3. The highest BCUT2D eigenvalue weighted by Crippen LogP contribution is 2.14. The molecule has 1 saturated heterocycles. The molecule has 2 N–H and O–H groups in total. The van der Waals surface area contributed by atoms with E-state index in [9.17, 15) is 14.4 Å². The minimum atomic E-state index is -0.504. The van der Waals surface area contributed by atoms with Crippen molar-refractivity contribution in [3.63, 3.8) is 0 Å². The zero-order chi connectivity index (χ0) is 20.2. The maximum Gasteiger partial charge on any atom is 0.321 e. The summed E-state index contributed by atoms with van der Waals surface area (Å²) in [5, 5.41) is 5.66. The van der Waals surface area contributed by atoms with Crippen LogP contribution in [-0.4, -0.2) is 65.4 Å². The Morgan fingerprint density at radius 2 is 1.59 bits per heavy atom. The van der Waals surface area contributed by atoms with Gasteiger partial charge >= 0.3 is 6.03 Å². The van der Waals surface area contributed by atoms with Crippen LogP contribution < -0.4 is 10.6 Å². The summed E-state index contributed by atoms with van der Waals surface area (Å²) in [6.07, 6.45) is 0. The Hall–Kier alpha value is -2.12. The van der Waals surface area contributed by atoms with Crippen molar-refractivity contribution < 1.29 is 14.4 Å². The molecule has 1 aliphatic heterocycles. The fraction of sp³-hybridized carbons (Fsp3) is 0.526. The molecule has 0 radical (unpaired) electrons. The number of halogens is 1. The topological polar surface area (TPSA) is 81.8 Å². The van der Waals surface area contributed by atoms with E-state index in [2.05, 4.69) is 10.6 Å². The summed E-state index contributed by atoms with van der Waals surface area (Å²) < 4.78 is 0. The van der Waals surface area contributed by atoms with Crippen LogP contribution in [0.4, 0.5) is 4.79 Å². The first kappa shape index (κ1) is 21.2. The van der Waals surface area contributed by atoms with E-state index in [1.54, 1.807) is 36.1 Å². The van der Waals surface area contributed by atoms with Crippen molar-refractivity contribution in [3.8, 4) is 0 Å². The smallest absolute Gasteiger partial charge is 0.321 e. The molecule has 148 valence electrons. The quantitative estimate of drug-likeness (QED) is 0.822. The zero-order valence-electron chi connectivity index (χ0n) is 16.2. The lowest BCUT2D eigenvalue weighted by atomic mass is 10.1. The molecule has 2 rings (SSSR count). The second kappa shape index (κ2) is 8.71. The molecule has 0 bridgehead atoms. The van der Waals surface area contributed by atoms with Crippen LogP contribution in [0, 0.1) is 0 Å². The summed E-state index contributed by atoms with van der Waals surface area (Å²) in [7, 11) is 0. The van der Waals surface area contributed by atoms with Gasteiger partial charge in [-0.05, 0) is 52.0 Å². The van der Waals surface area contributed by atoms with Gasteiger partial charge < -0.3 is 10.2 Å². The van der Waals surface area contributed by atoms with E-state index in [1.807, 2.05) is 25.7 Å². The number of urea groups is 1. The summed E-state index contributed by atoms with van der Waals surface area (Å²) in [6.45, 7) is 9.47. The maximum atomic E-state index is 12.5. The predicted molar refractivity (Wildman–Crippen MR) is 105 cm³/mol. The minimum absolute atomic E-state index is 0.0482. The van der Waals surface area contributed by atoms with Gasteiger partial charge in [0.15, 0.2) is 0 Å². The van der Waals surface area contributed by atoms with Gasteiger partial charge in [0.2, 0.25) is 5.91 Å². The highest BCUT2D eigenvalue weighted by molar-refractivity contribution is 6.30. The molecule has 0 aliphatic carbocycles. The number of carbonyl (C=O) groups excluding carboxylic acids is 3. The van der Waals surface area contributed by atoms with Crippen molar-refractivity contribution in [1.29, 1.82) is 0 Å². The van der Waals surface area contributed by atoms with Crippen LogP contribution in [0.2, 0.25) is 5.02 Å². The largest absolute Gasteiger partial charge is 0.336 e. The number of rotatable bonds is 3. The van der Waals surface area contributed by atoms with E-state index in [1.165, 1.54) is 0 Å². The number of carbonyl (C=O) groups is 3. The highest BCUT2D eigenvalue weighted by atomic mass is 35.5. The maximum absolute atomic E-state index is 12.5. The van der Waals surface area contributed by atoms with Crippen molar-refractivity contribution in [2.45, 2.75) is 39.3 Å². The molecule has 8 heteroatoms. The third-order valence-electron chi connectivity index (χ3n) is 4.35. The summed E-state index contributed by atoms with van der Waals surface area (Å²) in [6, 6.07) is 5.85. The molecular weight excluding hydrogens is 368 g/mol. The van der Waals surface area contributed by atoms with Crippen LogP contribution in [0.25, 0.3) is 0 Å². The van der Waals surface area contributed by atoms with Gasteiger partial charge in [0.1, 0.15) is 0 Å². The van der Waals surface area contributed by atoms with Crippen LogP contribution in [0.1, 0.15) is 38.1 Å². The third-order valence-corrected chi connectivity index (χ3v) is 4.60. The summed E-state index contributed by atoms with van der Waals surface area (Å²) >= 11 is 5.86. The average molecular weight is 395 g/mol. The van der Waals surface area contributed by atoms with Gasteiger partial charge in [0.25, 0.3) is 5.91 Å². The van der Waals surface area contributed by atoms with Gasteiger partial charge in [0.05, 0.1) is 6.04 Å². The second-order valence-corrected chi connectivity index (χ2v) is 8.14. The van der Waals surface area contributed by atoms with Crippen LogP contribution in [0.5, 0.6) is 0 Å². The van der Waals surface area contributed by atoms with Gasteiger partial charge in [-0.1, -0.05) is 11.6 Å². The molecule has 0 saturated carbocycles. The fourth-order valence-corrected chi connectivity index (χ4v) is 2.97. The first-order chi connectivity index (χ1) is 12.6. The molecule has 1 aliphatic rings. The van der Waals surface area contributed by atoms with Crippen LogP contribution in [0.3, 0.4) is 0 Å². The lowest BCUT2D eigenvalue weighted by molar-refractivity contribution is -0.125. The summed E-state index contributed by atoms with van der Waals surface area (Å²) in [5.41, 5.74) is 0.179. The predicted octanol–water partition coefficient (Wildman–Crippen LogP) is 2.11. The van der Waals surface area contributed by atoms with Gasteiger partial charge in [0, 0.05) is 42.3 Å². The lowest BCUT2D eigenvalue weighted by Crippen LogP contribution is -2.57. The van der Waals surface area contributed by atoms with Crippen molar-refractivity contribution in [1.82, 2.24) is 20.4 Å². The van der Waals surface area contributed by atoms with Crippen molar-refractivity contribution in [3.05, 3.63) is 34.9 Å². The molecule has 1 aromatic rings. The lowest BCUT2D eigenvalue weighted by Gasteiger charge is -2.37. The normalized spacial score (nSPS) is 16.6. The van der Waals surface area contributed by atoms with Crippen molar-refractivity contribution in [2.24, 2.45) is 0 Å². The number of hydrogen-bond donors (Lipinski definition) is 2. The average Bonchev–Trinajstić information content (AvgIpc) is 2.59. The fourth-order valence-electron chi connectivity index (χ4n) is 2.84. The van der Waals surface area contributed by atoms with E-state index in [4.69, 9.17) is 11.6 Å². The van der Waals surface area contributed by atoms with E-state index in [0.717, 1.165) is 0 Å². The highest BCUT2D eigenvalue weighted by Gasteiger charge is 2.29. The van der Waals surface area contributed by atoms with Crippen LogP contribution in [-0.2, 0) is 4.79 Å². The molecule has 4 amide bonds. The van der Waals surface area contributed by atoms with Crippen molar-refractivity contribution in [2.75, 3.05) is 26.2 Å². The van der Waals surface area contributed by atoms with E-state index in [0.29, 0.717) is 36.8 Å². The van der Waals surface area contributed by atoms with E-state index >= 15 is 0 Å².